The molecule has 1 aromatic rings. The summed E-state index contributed by atoms with van der Waals surface area (Å²) in [7, 11) is 5.24. The molecule has 0 bridgehead atoms. The van der Waals surface area contributed by atoms with E-state index in [2.05, 4.69) is 154 Å². The first-order chi connectivity index (χ1) is 26.3. The van der Waals surface area contributed by atoms with Crippen molar-refractivity contribution in [3.05, 3.63) is 130 Å². The highest BCUT2D eigenvalue weighted by atomic mass is 32.2. The van der Waals surface area contributed by atoms with Crippen molar-refractivity contribution in [2.45, 2.75) is 97.7 Å². The molecule has 3 rings (SSSR count). The predicted octanol–water partition coefficient (Wildman–Crippen LogP) is 10.9. The number of ketones is 2. The molecule has 2 atom stereocenters. The summed E-state index contributed by atoms with van der Waals surface area (Å²) in [6.45, 7) is 21.0. The normalized spacial score (nSPS) is 21.9. The summed E-state index contributed by atoms with van der Waals surface area (Å²) in [6, 6.07) is 0. The Morgan fingerprint density at radius 2 is 1.21 bits per heavy atom. The van der Waals surface area contributed by atoms with Gasteiger partial charge >= 0.3 is 0 Å². The Kier molecular flexibility index (Phi) is 17.5. The first kappa shape index (κ1) is 46.0. The van der Waals surface area contributed by atoms with E-state index in [0.29, 0.717) is 17.5 Å². The van der Waals surface area contributed by atoms with Crippen molar-refractivity contribution in [1.29, 1.82) is 0 Å². The average Bonchev–Trinajstić information content (AvgIpc) is 3.53. The van der Waals surface area contributed by atoms with Crippen molar-refractivity contribution < 1.29 is 9.59 Å². The highest BCUT2D eigenvalue weighted by molar-refractivity contribution is 8.00. The van der Waals surface area contributed by atoms with Crippen LogP contribution in [0.5, 0.6) is 0 Å². The maximum absolute atomic E-state index is 13.2. The van der Waals surface area contributed by atoms with Gasteiger partial charge in [0.15, 0.2) is 11.6 Å². The molecule has 0 saturated carbocycles. The Balaban J connectivity index is 1.54. The van der Waals surface area contributed by atoms with Gasteiger partial charge in [-0.25, -0.2) is 0 Å². The van der Waals surface area contributed by atoms with Crippen LogP contribution in [0, 0.1) is 10.8 Å². The molecule has 0 spiro atoms. The summed E-state index contributed by atoms with van der Waals surface area (Å²) in [5.74, 6) is 0.964. The zero-order valence-electron chi connectivity index (χ0n) is 35.6. The summed E-state index contributed by atoms with van der Waals surface area (Å²) >= 11 is 3.02. The average molecular weight is 796 g/mol. The highest BCUT2D eigenvalue weighted by Gasteiger charge is 2.39. The summed E-state index contributed by atoms with van der Waals surface area (Å²) < 4.78 is 0. The number of hydrogen-bond donors (Lipinski definition) is 0. The van der Waals surface area contributed by atoms with Crippen LogP contribution in [-0.4, -0.2) is 67.3 Å². The number of carbonyl (C=O) groups is 2. The van der Waals surface area contributed by atoms with Crippen LogP contribution in [0.1, 0.15) is 82.1 Å². The molecule has 56 heavy (non-hydrogen) atoms. The molecule has 0 amide bonds. The number of tetrazole rings is 1. The summed E-state index contributed by atoms with van der Waals surface area (Å²) in [4.78, 5) is 27.8. The Bertz CT molecular complexity index is 1980. The molecule has 0 aliphatic heterocycles. The fraction of sp³-hybridized carbons (Fsp3) is 0.444. The first-order valence-corrected chi connectivity index (χ1v) is 20.9. The topological polar surface area (TPSA) is 106 Å². The molecule has 300 valence electrons. The fourth-order valence-corrected chi connectivity index (χ4v) is 9.21. The number of nitrogens with zero attached hydrogens (tertiary/aromatic N) is 7. The molecule has 0 saturated heterocycles. The Morgan fingerprint density at radius 1 is 0.768 bits per heavy atom. The van der Waals surface area contributed by atoms with Crippen LogP contribution in [0.4, 0.5) is 0 Å². The van der Waals surface area contributed by atoms with Crippen molar-refractivity contribution in [2.75, 3.05) is 20.0 Å². The minimum absolute atomic E-state index is 0.0802. The zero-order chi connectivity index (χ0) is 41.6. The lowest BCUT2D eigenvalue weighted by molar-refractivity contribution is -0.116. The molecular formula is C45H61N7O2S2. The molecule has 1 heterocycles. The third kappa shape index (κ3) is 14.0. The van der Waals surface area contributed by atoms with Gasteiger partial charge in [-0.15, -0.1) is 22.0 Å². The van der Waals surface area contributed by atoms with E-state index in [1.165, 1.54) is 16.6 Å². The van der Waals surface area contributed by atoms with Crippen LogP contribution in [-0.2, 0) is 16.6 Å². The van der Waals surface area contributed by atoms with Crippen molar-refractivity contribution in [3.63, 3.8) is 0 Å². The second-order valence-electron chi connectivity index (χ2n) is 15.8. The van der Waals surface area contributed by atoms with E-state index in [9.17, 15) is 9.59 Å². The van der Waals surface area contributed by atoms with E-state index in [0.717, 1.165) is 51.0 Å². The van der Waals surface area contributed by atoms with Gasteiger partial charge in [-0.3, -0.25) is 14.6 Å². The van der Waals surface area contributed by atoms with Crippen LogP contribution in [0.2, 0.25) is 0 Å². The van der Waals surface area contributed by atoms with Crippen LogP contribution in [0.15, 0.2) is 145 Å². The van der Waals surface area contributed by atoms with Crippen molar-refractivity contribution in [1.82, 2.24) is 25.2 Å². The number of allylic oxidation sites excluding steroid dienone is 22. The highest BCUT2D eigenvalue weighted by Crippen LogP contribution is 2.45. The standard InChI is InChI=1S/C45H61N7O2S2/c1-31(20-16-22-33(3)24-26-37-35(5)41(53)39(28-44(37,7)8)55-30-51(12)49-46-11)18-14-15-19-32(2)21-17-23-34(4)25-27-38-36(6)42(54)40(29-45(38,9)10)56-43-47-50-52(13)48-43/h14-27,39-40H,28-30H2,1-13H3/b15-14+,20-16+,21-17+,26-24+,27-25+,31-18+,32-19+,33-22+,34-23+,49-46?. The molecule has 9 nitrogen and oxygen atoms in total. The molecular weight excluding hydrogens is 735 g/mol. The van der Waals surface area contributed by atoms with Gasteiger partial charge in [0.05, 0.1) is 30.5 Å². The third-order valence-electron chi connectivity index (χ3n) is 9.72. The molecule has 11 heteroatoms. The van der Waals surface area contributed by atoms with Crippen molar-refractivity contribution in [2.24, 2.45) is 28.2 Å². The maximum atomic E-state index is 13.2. The summed E-state index contributed by atoms with van der Waals surface area (Å²) in [6.07, 6.45) is 30.6. The van der Waals surface area contributed by atoms with Crippen LogP contribution < -0.4 is 0 Å². The third-order valence-corrected chi connectivity index (χ3v) is 12.1. The molecule has 0 radical (unpaired) electrons. The summed E-state index contributed by atoms with van der Waals surface area (Å²) in [5, 5.41) is 22.0. The van der Waals surface area contributed by atoms with E-state index in [1.54, 1.807) is 30.9 Å². The Labute approximate surface area is 344 Å². The monoisotopic (exact) mass is 795 g/mol. The quantitative estimate of drug-likeness (QED) is 0.0705. The number of thioether (sulfide) groups is 2. The van der Waals surface area contributed by atoms with Crippen LogP contribution >= 0.6 is 23.5 Å². The molecule has 2 aliphatic carbocycles. The lowest BCUT2D eigenvalue weighted by Crippen LogP contribution is -2.35. The van der Waals surface area contributed by atoms with Crippen molar-refractivity contribution in [3.8, 4) is 0 Å². The minimum atomic E-state index is -0.222. The van der Waals surface area contributed by atoms with Gasteiger partial charge in [0, 0.05) is 7.05 Å². The Morgan fingerprint density at radius 3 is 1.68 bits per heavy atom. The van der Waals surface area contributed by atoms with Gasteiger partial charge in [0.2, 0.25) is 5.16 Å². The van der Waals surface area contributed by atoms with Crippen molar-refractivity contribution >= 4 is 35.1 Å². The molecule has 0 fully saturated rings. The van der Waals surface area contributed by atoms with Gasteiger partial charge in [-0.1, -0.05) is 152 Å². The zero-order valence-corrected chi connectivity index (χ0v) is 37.3. The van der Waals surface area contributed by atoms with Gasteiger partial charge in [-0.05, 0) is 92.7 Å². The minimum Gasteiger partial charge on any atom is -0.293 e. The smallest absolute Gasteiger partial charge is 0.231 e. The molecule has 1 aromatic heterocycles. The number of aromatic nitrogens is 4. The SMILES string of the molecule is CN=NN(C)CSC1CC(C)(C)C(/C=C/C(C)=C/C=C/C(C)=C/C=C/C=C(C)/C=C/C=C(C)/C=C/C2=C(C)C(=O)C(Sc3nnn(C)n3)CC2(C)C)=C(C)C1=O. The fourth-order valence-electron chi connectivity index (χ4n) is 6.61. The molecule has 0 aromatic carbocycles. The van der Waals surface area contributed by atoms with E-state index >= 15 is 0 Å². The number of rotatable bonds is 16. The van der Waals surface area contributed by atoms with Gasteiger partial charge < -0.3 is 0 Å². The van der Waals surface area contributed by atoms with Crippen LogP contribution in [0.25, 0.3) is 0 Å². The molecule has 2 aliphatic rings. The van der Waals surface area contributed by atoms with Crippen LogP contribution in [0.3, 0.4) is 0 Å². The number of carbonyl (C=O) groups excluding carboxylic acids is 2. The predicted molar refractivity (Wildman–Crippen MR) is 236 cm³/mol. The summed E-state index contributed by atoms with van der Waals surface area (Å²) in [5.41, 5.74) is 8.03. The molecule has 0 N–H and O–H groups in total. The lowest BCUT2D eigenvalue weighted by atomic mass is 9.72. The molecule has 2 unspecified atom stereocenters. The number of aryl methyl sites for hydroxylation is 1. The van der Waals surface area contributed by atoms with Gasteiger partial charge in [0.1, 0.15) is 0 Å². The van der Waals surface area contributed by atoms with E-state index in [4.69, 9.17) is 0 Å². The van der Waals surface area contributed by atoms with E-state index in [-0.39, 0.29) is 32.9 Å². The first-order valence-electron chi connectivity index (χ1n) is 19.0. The second kappa shape index (κ2) is 21.3. The van der Waals surface area contributed by atoms with Gasteiger partial charge in [-0.2, -0.15) is 9.91 Å². The second-order valence-corrected chi connectivity index (χ2v) is 18.1. The van der Waals surface area contributed by atoms with E-state index < -0.39 is 0 Å². The maximum Gasteiger partial charge on any atom is 0.231 e. The largest absolute Gasteiger partial charge is 0.293 e. The number of hydrogen-bond acceptors (Lipinski definition) is 9. The number of Topliss-reactive ketones (excluding diaryl/α,β-unsaturated/α-hetero) is 2. The van der Waals surface area contributed by atoms with Gasteiger partial charge in [0.25, 0.3) is 0 Å². The van der Waals surface area contributed by atoms with E-state index in [1.807, 2.05) is 33.0 Å². The lowest BCUT2D eigenvalue weighted by Gasteiger charge is -2.36. The Hall–Kier alpha value is -4.35.